The molecule has 0 aliphatic carbocycles. The van der Waals surface area contributed by atoms with Gasteiger partial charge in [0.2, 0.25) is 0 Å². The Morgan fingerprint density at radius 2 is 2.13 bits per heavy atom. The van der Waals surface area contributed by atoms with Gasteiger partial charge < -0.3 is 15.2 Å². The summed E-state index contributed by atoms with van der Waals surface area (Å²) in [5, 5.41) is 12.0. The number of cyclic esters (lactones) is 1. The predicted molar refractivity (Wildman–Crippen MR) is 54.6 cm³/mol. The molecule has 0 saturated carbocycles. The topological polar surface area (TPSA) is 58.6 Å². The van der Waals surface area contributed by atoms with Crippen LogP contribution in [-0.4, -0.2) is 17.8 Å². The molecule has 1 atom stereocenters. The van der Waals surface area contributed by atoms with Crippen molar-refractivity contribution in [1.29, 1.82) is 0 Å². The first-order chi connectivity index (χ1) is 7.16. The largest absolute Gasteiger partial charge is 0.508 e. The standard InChI is InChI=1S/C11H13NO3/c1-2-11(7-15-10(14)12-11)8-3-5-9(13)6-4-8/h3-6,13H,2,7H2,1H3,(H,12,14). The average Bonchev–Trinajstić information content (AvgIpc) is 2.62. The molecule has 1 fully saturated rings. The Labute approximate surface area is 87.9 Å². The second kappa shape index (κ2) is 3.46. The van der Waals surface area contributed by atoms with Crippen LogP contribution in [0.2, 0.25) is 0 Å². The second-order valence-corrected chi connectivity index (χ2v) is 3.68. The van der Waals surface area contributed by atoms with Gasteiger partial charge in [0.05, 0.1) is 0 Å². The monoisotopic (exact) mass is 207 g/mol. The van der Waals surface area contributed by atoms with Gasteiger partial charge in [-0.1, -0.05) is 19.1 Å². The number of carbonyl (C=O) groups is 1. The lowest BCUT2D eigenvalue weighted by Crippen LogP contribution is -2.39. The van der Waals surface area contributed by atoms with E-state index in [1.807, 2.05) is 6.92 Å². The summed E-state index contributed by atoms with van der Waals surface area (Å²) < 4.78 is 4.93. The number of nitrogens with one attached hydrogen (secondary N) is 1. The molecule has 80 valence electrons. The zero-order valence-corrected chi connectivity index (χ0v) is 8.49. The van der Waals surface area contributed by atoms with Crippen LogP contribution in [0.5, 0.6) is 5.75 Å². The number of benzene rings is 1. The number of hydrogen-bond acceptors (Lipinski definition) is 3. The lowest BCUT2D eigenvalue weighted by atomic mass is 9.89. The first kappa shape index (κ1) is 9.83. The molecular weight excluding hydrogens is 194 g/mol. The number of alkyl carbamates (subject to hydrolysis) is 1. The second-order valence-electron chi connectivity index (χ2n) is 3.68. The van der Waals surface area contributed by atoms with Crippen LogP contribution in [0, 0.1) is 0 Å². The molecule has 2 rings (SSSR count). The maximum Gasteiger partial charge on any atom is 0.408 e. The summed E-state index contributed by atoms with van der Waals surface area (Å²) in [5.41, 5.74) is 0.513. The van der Waals surface area contributed by atoms with Crippen molar-refractivity contribution in [3.8, 4) is 5.75 Å². The molecule has 0 radical (unpaired) electrons. The van der Waals surface area contributed by atoms with Crippen LogP contribution in [0.1, 0.15) is 18.9 Å². The van der Waals surface area contributed by atoms with E-state index in [1.165, 1.54) is 0 Å². The van der Waals surface area contributed by atoms with Crippen molar-refractivity contribution in [2.45, 2.75) is 18.9 Å². The fraction of sp³-hybridized carbons (Fsp3) is 0.364. The maximum absolute atomic E-state index is 11.1. The zero-order chi connectivity index (χ0) is 10.9. The molecule has 4 heteroatoms. The highest BCUT2D eigenvalue weighted by atomic mass is 16.6. The van der Waals surface area contributed by atoms with Crippen LogP contribution in [0.3, 0.4) is 0 Å². The highest BCUT2D eigenvalue weighted by Gasteiger charge is 2.39. The molecule has 1 aromatic carbocycles. The molecule has 1 aromatic rings. The van der Waals surface area contributed by atoms with E-state index < -0.39 is 5.54 Å². The first-order valence-corrected chi connectivity index (χ1v) is 4.91. The van der Waals surface area contributed by atoms with E-state index in [9.17, 15) is 9.90 Å². The molecule has 1 amide bonds. The predicted octanol–water partition coefficient (Wildman–Crippen LogP) is 1.74. The molecule has 1 aliphatic rings. The minimum absolute atomic E-state index is 0.218. The minimum atomic E-state index is -0.440. The summed E-state index contributed by atoms with van der Waals surface area (Å²) in [6, 6.07) is 6.82. The number of carbonyl (C=O) groups excluding carboxylic acids is 1. The Bertz CT molecular complexity index is 374. The summed E-state index contributed by atoms with van der Waals surface area (Å²) in [4.78, 5) is 11.1. The smallest absolute Gasteiger partial charge is 0.408 e. The summed E-state index contributed by atoms with van der Waals surface area (Å²) in [7, 11) is 0. The van der Waals surface area contributed by atoms with Crippen LogP contribution in [0.25, 0.3) is 0 Å². The van der Waals surface area contributed by atoms with Gasteiger partial charge in [-0.25, -0.2) is 4.79 Å². The van der Waals surface area contributed by atoms with E-state index in [4.69, 9.17) is 4.74 Å². The van der Waals surface area contributed by atoms with Crippen molar-refractivity contribution < 1.29 is 14.6 Å². The molecule has 2 N–H and O–H groups in total. The Hall–Kier alpha value is -1.71. The van der Waals surface area contributed by atoms with Crippen molar-refractivity contribution in [1.82, 2.24) is 5.32 Å². The van der Waals surface area contributed by atoms with Gasteiger partial charge in [-0.3, -0.25) is 0 Å². The van der Waals surface area contributed by atoms with Crippen LogP contribution in [0.4, 0.5) is 4.79 Å². The van der Waals surface area contributed by atoms with E-state index in [0.717, 1.165) is 12.0 Å². The lowest BCUT2D eigenvalue weighted by Gasteiger charge is -2.25. The van der Waals surface area contributed by atoms with Crippen LogP contribution < -0.4 is 5.32 Å². The van der Waals surface area contributed by atoms with E-state index in [0.29, 0.717) is 6.61 Å². The van der Waals surface area contributed by atoms with Crippen LogP contribution in [-0.2, 0) is 10.3 Å². The molecule has 1 heterocycles. The third kappa shape index (κ3) is 1.63. The van der Waals surface area contributed by atoms with E-state index in [1.54, 1.807) is 24.3 Å². The molecule has 1 saturated heterocycles. The fourth-order valence-corrected chi connectivity index (χ4v) is 1.79. The molecule has 1 aliphatic heterocycles. The van der Waals surface area contributed by atoms with Gasteiger partial charge in [-0.05, 0) is 24.1 Å². The SMILES string of the molecule is CCC1(c2ccc(O)cc2)COC(=O)N1. The number of rotatable bonds is 2. The van der Waals surface area contributed by atoms with E-state index >= 15 is 0 Å². The summed E-state index contributed by atoms with van der Waals surface area (Å²) in [6.07, 6.45) is 0.369. The Kier molecular flexibility index (Phi) is 2.26. The number of phenols is 1. The molecule has 0 aromatic heterocycles. The fourth-order valence-electron chi connectivity index (χ4n) is 1.79. The Morgan fingerprint density at radius 3 is 2.60 bits per heavy atom. The normalized spacial score (nSPS) is 24.7. The van der Waals surface area contributed by atoms with Crippen LogP contribution in [0.15, 0.2) is 24.3 Å². The Morgan fingerprint density at radius 1 is 1.47 bits per heavy atom. The van der Waals surface area contributed by atoms with Gasteiger partial charge in [0.25, 0.3) is 0 Å². The first-order valence-electron chi connectivity index (χ1n) is 4.91. The summed E-state index contributed by atoms with van der Waals surface area (Å²) in [6.45, 7) is 2.33. The van der Waals surface area contributed by atoms with Crippen molar-refractivity contribution in [3.05, 3.63) is 29.8 Å². The molecule has 0 bridgehead atoms. The van der Waals surface area contributed by atoms with E-state index in [-0.39, 0.29) is 11.8 Å². The number of hydrogen-bond donors (Lipinski definition) is 2. The van der Waals surface area contributed by atoms with Crippen molar-refractivity contribution >= 4 is 6.09 Å². The number of ether oxygens (including phenoxy) is 1. The third-order valence-corrected chi connectivity index (χ3v) is 2.81. The third-order valence-electron chi connectivity index (χ3n) is 2.81. The van der Waals surface area contributed by atoms with Gasteiger partial charge in [0, 0.05) is 0 Å². The van der Waals surface area contributed by atoms with Crippen molar-refractivity contribution in [3.63, 3.8) is 0 Å². The zero-order valence-electron chi connectivity index (χ0n) is 8.49. The number of amides is 1. The van der Waals surface area contributed by atoms with Gasteiger partial charge in [-0.15, -0.1) is 0 Å². The minimum Gasteiger partial charge on any atom is -0.508 e. The highest BCUT2D eigenvalue weighted by Crippen LogP contribution is 2.30. The molecule has 1 unspecified atom stereocenters. The van der Waals surface area contributed by atoms with Gasteiger partial charge in [0.15, 0.2) is 0 Å². The summed E-state index contributed by atoms with van der Waals surface area (Å²) >= 11 is 0. The highest BCUT2D eigenvalue weighted by molar-refractivity contribution is 5.71. The summed E-state index contributed by atoms with van der Waals surface area (Å²) in [5.74, 6) is 0.218. The number of phenolic OH excluding ortho intramolecular Hbond substituents is 1. The van der Waals surface area contributed by atoms with Gasteiger partial charge in [0.1, 0.15) is 17.9 Å². The molecular formula is C11H13NO3. The Balaban J connectivity index is 2.34. The van der Waals surface area contributed by atoms with Gasteiger partial charge >= 0.3 is 6.09 Å². The lowest BCUT2D eigenvalue weighted by molar-refractivity contribution is 0.171. The van der Waals surface area contributed by atoms with Crippen molar-refractivity contribution in [2.75, 3.05) is 6.61 Å². The number of aromatic hydroxyl groups is 1. The van der Waals surface area contributed by atoms with Crippen LogP contribution >= 0.6 is 0 Å². The van der Waals surface area contributed by atoms with Gasteiger partial charge in [-0.2, -0.15) is 0 Å². The van der Waals surface area contributed by atoms with E-state index in [2.05, 4.69) is 5.32 Å². The molecule has 15 heavy (non-hydrogen) atoms. The van der Waals surface area contributed by atoms with Crippen molar-refractivity contribution in [2.24, 2.45) is 0 Å². The quantitative estimate of drug-likeness (QED) is 0.776. The molecule has 0 spiro atoms. The molecule has 4 nitrogen and oxygen atoms in total. The average molecular weight is 207 g/mol. The maximum atomic E-state index is 11.1.